The Morgan fingerprint density at radius 3 is 2.41 bits per heavy atom. The molecule has 0 aliphatic heterocycles. The van der Waals surface area contributed by atoms with E-state index in [0.29, 0.717) is 11.3 Å². The number of nitrogens with zero attached hydrogens (tertiary/aromatic N) is 1. The number of carbonyl (C=O) groups is 3. The van der Waals surface area contributed by atoms with Crippen molar-refractivity contribution in [3.8, 4) is 5.69 Å². The minimum atomic E-state index is -0.618. The summed E-state index contributed by atoms with van der Waals surface area (Å²) in [6.45, 7) is 1.44. The van der Waals surface area contributed by atoms with Gasteiger partial charge in [-0.3, -0.25) is 4.79 Å². The topological polar surface area (TPSA) is 86.6 Å². The number of rotatable bonds is 7. The smallest absolute Gasteiger partial charge is 0.340 e. The molecule has 0 aliphatic carbocycles. The van der Waals surface area contributed by atoms with Crippen molar-refractivity contribution < 1.29 is 23.9 Å². The van der Waals surface area contributed by atoms with E-state index in [1.807, 2.05) is 35.2 Å². The Balaban J connectivity index is 1.61. The first kappa shape index (κ1) is 19.9. The average molecular weight is 392 g/mol. The maximum absolute atomic E-state index is 12.3. The van der Waals surface area contributed by atoms with Crippen LogP contribution in [0.2, 0.25) is 0 Å². The normalized spacial score (nSPS) is 10.2. The van der Waals surface area contributed by atoms with Gasteiger partial charge in [-0.15, -0.1) is 0 Å². The third kappa shape index (κ3) is 5.10. The number of ether oxygens (including phenoxy) is 2. The Hall–Kier alpha value is -3.87. The molecule has 29 heavy (non-hydrogen) atoms. The van der Waals surface area contributed by atoms with E-state index in [1.54, 1.807) is 49.4 Å². The molecule has 148 valence electrons. The first-order valence-corrected chi connectivity index (χ1v) is 9.05. The number of hydrogen-bond donors (Lipinski definition) is 1. The van der Waals surface area contributed by atoms with E-state index in [2.05, 4.69) is 5.32 Å². The van der Waals surface area contributed by atoms with Gasteiger partial charge < -0.3 is 19.4 Å². The Morgan fingerprint density at radius 1 is 0.897 bits per heavy atom. The number of aromatic nitrogens is 1. The molecular formula is C22H20N2O5. The van der Waals surface area contributed by atoms with Crippen molar-refractivity contribution in [3.63, 3.8) is 0 Å². The standard InChI is InChI=1S/C22H20N2O5/c1-2-28-22(27)18-10-3-4-11-19(18)23-20(25)15-29-21(26)16-8-7-9-17(14-16)24-12-5-6-13-24/h3-14H,2,15H2,1H3,(H,23,25). The summed E-state index contributed by atoms with van der Waals surface area (Å²) in [6, 6.07) is 17.1. The van der Waals surface area contributed by atoms with Crippen LogP contribution >= 0.6 is 0 Å². The van der Waals surface area contributed by atoms with Crippen LogP contribution in [0, 0.1) is 0 Å². The molecule has 0 radical (unpaired) electrons. The van der Waals surface area contributed by atoms with E-state index in [1.165, 1.54) is 0 Å². The molecular weight excluding hydrogens is 372 g/mol. The highest BCUT2D eigenvalue weighted by Gasteiger charge is 2.15. The first-order valence-electron chi connectivity index (χ1n) is 9.05. The molecule has 0 spiro atoms. The number of carbonyl (C=O) groups excluding carboxylic acids is 3. The lowest BCUT2D eigenvalue weighted by Gasteiger charge is -2.11. The lowest BCUT2D eigenvalue weighted by Crippen LogP contribution is -2.22. The van der Waals surface area contributed by atoms with Crippen LogP contribution in [-0.4, -0.2) is 35.6 Å². The largest absolute Gasteiger partial charge is 0.462 e. The molecule has 3 aromatic rings. The lowest BCUT2D eigenvalue weighted by atomic mass is 10.2. The van der Waals surface area contributed by atoms with Crippen molar-refractivity contribution >= 4 is 23.5 Å². The second-order valence-electron chi connectivity index (χ2n) is 6.03. The third-order valence-corrected chi connectivity index (χ3v) is 4.02. The van der Waals surface area contributed by atoms with Gasteiger partial charge in [0.2, 0.25) is 0 Å². The molecule has 0 atom stereocenters. The van der Waals surface area contributed by atoms with Crippen molar-refractivity contribution in [1.82, 2.24) is 4.57 Å². The Kier molecular flexibility index (Phi) is 6.42. The molecule has 7 heteroatoms. The van der Waals surface area contributed by atoms with E-state index in [0.717, 1.165) is 5.69 Å². The van der Waals surface area contributed by atoms with Gasteiger partial charge in [0, 0.05) is 18.1 Å². The fraction of sp³-hybridized carbons (Fsp3) is 0.136. The zero-order valence-electron chi connectivity index (χ0n) is 15.8. The van der Waals surface area contributed by atoms with Crippen LogP contribution in [0.3, 0.4) is 0 Å². The van der Waals surface area contributed by atoms with Crippen molar-refractivity contribution in [1.29, 1.82) is 0 Å². The summed E-state index contributed by atoms with van der Waals surface area (Å²) in [7, 11) is 0. The van der Waals surface area contributed by atoms with Gasteiger partial charge in [-0.1, -0.05) is 18.2 Å². The Labute approximate surface area is 167 Å². The molecule has 1 aromatic heterocycles. The average Bonchev–Trinajstić information content (AvgIpc) is 3.28. The summed E-state index contributed by atoms with van der Waals surface area (Å²) in [5, 5.41) is 2.57. The van der Waals surface area contributed by atoms with Crippen LogP contribution in [0.4, 0.5) is 5.69 Å². The molecule has 0 fully saturated rings. The van der Waals surface area contributed by atoms with Gasteiger partial charge in [-0.25, -0.2) is 9.59 Å². The molecule has 0 unspecified atom stereocenters. The molecule has 0 saturated heterocycles. The molecule has 1 N–H and O–H groups in total. The van der Waals surface area contributed by atoms with Crippen molar-refractivity contribution in [2.75, 3.05) is 18.5 Å². The Morgan fingerprint density at radius 2 is 1.66 bits per heavy atom. The quantitative estimate of drug-likeness (QED) is 0.623. The first-order chi connectivity index (χ1) is 14.1. The summed E-state index contributed by atoms with van der Waals surface area (Å²) >= 11 is 0. The maximum atomic E-state index is 12.3. The van der Waals surface area contributed by atoms with Crippen molar-refractivity contribution in [3.05, 3.63) is 84.2 Å². The molecule has 0 aliphatic rings. The van der Waals surface area contributed by atoms with Gasteiger partial charge in [0.25, 0.3) is 5.91 Å². The molecule has 1 amide bonds. The monoisotopic (exact) mass is 392 g/mol. The van der Waals surface area contributed by atoms with Gasteiger partial charge in [-0.05, 0) is 49.4 Å². The minimum Gasteiger partial charge on any atom is -0.462 e. The summed E-state index contributed by atoms with van der Waals surface area (Å²) in [5.41, 5.74) is 1.66. The second-order valence-corrected chi connectivity index (χ2v) is 6.03. The number of para-hydroxylation sites is 1. The summed E-state index contributed by atoms with van der Waals surface area (Å²) in [5.74, 6) is -1.72. The zero-order valence-corrected chi connectivity index (χ0v) is 15.8. The van der Waals surface area contributed by atoms with Gasteiger partial charge in [-0.2, -0.15) is 0 Å². The fourth-order valence-electron chi connectivity index (χ4n) is 2.68. The van der Waals surface area contributed by atoms with Gasteiger partial charge in [0.1, 0.15) is 0 Å². The number of anilines is 1. The van der Waals surface area contributed by atoms with Crippen LogP contribution in [0.1, 0.15) is 27.6 Å². The number of hydrogen-bond acceptors (Lipinski definition) is 5. The van der Waals surface area contributed by atoms with Crippen LogP contribution < -0.4 is 5.32 Å². The van der Waals surface area contributed by atoms with Crippen molar-refractivity contribution in [2.24, 2.45) is 0 Å². The summed E-state index contributed by atoms with van der Waals surface area (Å²) in [6.07, 6.45) is 3.72. The molecule has 1 heterocycles. The van der Waals surface area contributed by atoms with Crippen LogP contribution in [0.5, 0.6) is 0 Å². The van der Waals surface area contributed by atoms with Gasteiger partial charge in [0.05, 0.1) is 23.4 Å². The van der Waals surface area contributed by atoms with E-state index >= 15 is 0 Å². The number of amides is 1. The predicted molar refractivity (Wildman–Crippen MR) is 107 cm³/mol. The van der Waals surface area contributed by atoms with E-state index in [9.17, 15) is 14.4 Å². The number of benzene rings is 2. The number of nitrogens with one attached hydrogen (secondary N) is 1. The van der Waals surface area contributed by atoms with Crippen LogP contribution in [0.25, 0.3) is 5.69 Å². The summed E-state index contributed by atoms with van der Waals surface area (Å²) < 4.78 is 11.9. The van der Waals surface area contributed by atoms with E-state index in [4.69, 9.17) is 9.47 Å². The van der Waals surface area contributed by atoms with E-state index < -0.39 is 24.5 Å². The highest BCUT2D eigenvalue weighted by atomic mass is 16.5. The zero-order chi connectivity index (χ0) is 20.6. The van der Waals surface area contributed by atoms with Crippen LogP contribution in [-0.2, 0) is 14.3 Å². The second kappa shape index (κ2) is 9.36. The highest BCUT2D eigenvalue weighted by Crippen LogP contribution is 2.16. The fourth-order valence-corrected chi connectivity index (χ4v) is 2.68. The highest BCUT2D eigenvalue weighted by molar-refractivity contribution is 6.02. The van der Waals surface area contributed by atoms with Gasteiger partial charge in [0.15, 0.2) is 6.61 Å². The summed E-state index contributed by atoms with van der Waals surface area (Å²) in [4.78, 5) is 36.5. The van der Waals surface area contributed by atoms with Crippen LogP contribution in [0.15, 0.2) is 73.1 Å². The van der Waals surface area contributed by atoms with Gasteiger partial charge >= 0.3 is 11.9 Å². The number of esters is 2. The van der Waals surface area contributed by atoms with Crippen molar-refractivity contribution in [2.45, 2.75) is 6.92 Å². The predicted octanol–water partition coefficient (Wildman–Crippen LogP) is 3.45. The Bertz CT molecular complexity index is 1010. The maximum Gasteiger partial charge on any atom is 0.340 e. The van der Waals surface area contributed by atoms with E-state index in [-0.39, 0.29) is 12.2 Å². The molecule has 7 nitrogen and oxygen atoms in total. The molecule has 2 aromatic carbocycles. The minimum absolute atomic E-state index is 0.223. The molecule has 3 rings (SSSR count). The lowest BCUT2D eigenvalue weighted by molar-refractivity contribution is -0.119. The molecule has 0 saturated carbocycles. The SMILES string of the molecule is CCOC(=O)c1ccccc1NC(=O)COC(=O)c1cccc(-n2cccc2)c1. The third-order valence-electron chi connectivity index (χ3n) is 4.02. The molecule has 0 bridgehead atoms.